The quantitative estimate of drug-likeness (QED) is 0.859. The fraction of sp³-hybridized carbons (Fsp3) is 0.435. The third-order valence-corrected chi connectivity index (χ3v) is 5.83. The van der Waals surface area contributed by atoms with Gasteiger partial charge in [0.05, 0.1) is 18.8 Å². The van der Waals surface area contributed by atoms with Crippen molar-refractivity contribution in [1.29, 1.82) is 0 Å². The van der Waals surface area contributed by atoms with Crippen molar-refractivity contribution in [1.82, 2.24) is 4.90 Å². The molecule has 2 fully saturated rings. The summed E-state index contributed by atoms with van der Waals surface area (Å²) >= 11 is 0. The van der Waals surface area contributed by atoms with Crippen LogP contribution in [0.1, 0.15) is 40.2 Å². The number of rotatable bonds is 5. The minimum atomic E-state index is -0.864. The highest BCUT2D eigenvalue weighted by molar-refractivity contribution is 5.87. The highest BCUT2D eigenvalue weighted by atomic mass is 16.5. The summed E-state index contributed by atoms with van der Waals surface area (Å²) in [4.78, 5) is 16.0. The van der Waals surface area contributed by atoms with E-state index in [9.17, 15) is 4.79 Å². The van der Waals surface area contributed by atoms with Crippen LogP contribution in [0.4, 0.5) is 5.69 Å². The number of aromatic carboxylic acids is 1. The Kier molecular flexibility index (Phi) is 5.93. The molecule has 5 heteroatoms. The molecule has 1 unspecified atom stereocenters. The summed E-state index contributed by atoms with van der Waals surface area (Å²) in [6, 6.07) is 16.3. The van der Waals surface area contributed by atoms with Crippen LogP contribution in [-0.2, 0) is 11.3 Å². The molecule has 4 rings (SSSR count). The number of hydrogen-bond acceptors (Lipinski definition) is 4. The molecule has 0 aliphatic carbocycles. The number of anilines is 1. The summed E-state index contributed by atoms with van der Waals surface area (Å²) < 4.78 is 5.46. The van der Waals surface area contributed by atoms with Gasteiger partial charge in [0.25, 0.3) is 0 Å². The normalized spacial score (nSPS) is 20.9. The topological polar surface area (TPSA) is 53.0 Å². The molecule has 2 aliphatic heterocycles. The van der Waals surface area contributed by atoms with Crippen LogP contribution in [0.3, 0.4) is 0 Å². The number of carbonyl (C=O) groups is 1. The summed E-state index contributed by atoms with van der Waals surface area (Å²) in [5.41, 5.74) is 4.25. The van der Waals surface area contributed by atoms with Gasteiger partial charge in [-0.3, -0.25) is 4.90 Å². The molecule has 0 bridgehead atoms. The average Bonchev–Trinajstić information content (AvgIpc) is 2.75. The van der Waals surface area contributed by atoms with E-state index in [1.807, 2.05) is 12.1 Å². The van der Waals surface area contributed by atoms with Gasteiger partial charge in [-0.2, -0.15) is 0 Å². The van der Waals surface area contributed by atoms with Gasteiger partial charge in [-0.25, -0.2) is 4.79 Å². The molecule has 0 radical (unpaired) electrons. The van der Waals surface area contributed by atoms with E-state index in [1.54, 1.807) is 12.1 Å². The Morgan fingerprint density at radius 3 is 2.61 bits per heavy atom. The zero-order valence-corrected chi connectivity index (χ0v) is 16.2. The number of nitrogens with zero attached hydrogens (tertiary/aromatic N) is 2. The van der Waals surface area contributed by atoms with Crippen molar-refractivity contribution in [2.75, 3.05) is 44.3 Å². The van der Waals surface area contributed by atoms with E-state index in [0.717, 1.165) is 52.4 Å². The van der Waals surface area contributed by atoms with E-state index in [2.05, 4.69) is 34.1 Å². The highest BCUT2D eigenvalue weighted by Gasteiger charge is 2.22. The second kappa shape index (κ2) is 8.76. The van der Waals surface area contributed by atoms with Gasteiger partial charge in [0.1, 0.15) is 0 Å². The first-order valence-corrected chi connectivity index (χ1v) is 10.2. The van der Waals surface area contributed by atoms with Gasteiger partial charge in [-0.05, 0) is 60.7 Å². The van der Waals surface area contributed by atoms with Crippen molar-refractivity contribution in [3.63, 3.8) is 0 Å². The van der Waals surface area contributed by atoms with Crippen molar-refractivity contribution >= 4 is 11.7 Å². The second-order valence-corrected chi connectivity index (χ2v) is 7.77. The van der Waals surface area contributed by atoms with E-state index >= 15 is 0 Å². The molecule has 5 nitrogen and oxygen atoms in total. The predicted molar refractivity (Wildman–Crippen MR) is 110 cm³/mol. The third-order valence-electron chi connectivity index (χ3n) is 5.83. The van der Waals surface area contributed by atoms with Gasteiger partial charge in [-0.15, -0.1) is 0 Å². The van der Waals surface area contributed by atoms with Gasteiger partial charge in [0.15, 0.2) is 0 Å². The lowest BCUT2D eigenvalue weighted by Crippen LogP contribution is -2.36. The number of morpholine rings is 1. The van der Waals surface area contributed by atoms with Crippen molar-refractivity contribution in [3.05, 3.63) is 65.2 Å². The van der Waals surface area contributed by atoms with E-state index in [4.69, 9.17) is 9.84 Å². The molecule has 0 aromatic heterocycles. The first-order chi connectivity index (χ1) is 13.7. The van der Waals surface area contributed by atoms with Crippen molar-refractivity contribution in [2.45, 2.75) is 25.3 Å². The molecule has 0 saturated carbocycles. The number of ether oxygens (including phenoxy) is 1. The molecule has 0 amide bonds. The lowest BCUT2D eigenvalue weighted by Gasteiger charge is -2.33. The van der Waals surface area contributed by atoms with Crippen molar-refractivity contribution < 1.29 is 14.6 Å². The Labute approximate surface area is 166 Å². The minimum absolute atomic E-state index is 0.358. The zero-order chi connectivity index (χ0) is 19.3. The summed E-state index contributed by atoms with van der Waals surface area (Å²) in [5.74, 6) is -0.393. The molecule has 2 aromatic rings. The summed E-state index contributed by atoms with van der Waals surface area (Å²) in [6.45, 7) is 6.63. The maximum atomic E-state index is 11.1. The smallest absolute Gasteiger partial charge is 0.335 e. The lowest BCUT2D eigenvalue weighted by molar-refractivity contribution is 0.0697. The fourth-order valence-electron chi connectivity index (χ4n) is 4.30. The highest BCUT2D eigenvalue weighted by Crippen LogP contribution is 2.28. The molecule has 2 aromatic carbocycles. The van der Waals surface area contributed by atoms with Crippen molar-refractivity contribution in [2.24, 2.45) is 0 Å². The molecular weight excluding hydrogens is 352 g/mol. The second-order valence-electron chi connectivity index (χ2n) is 7.77. The summed E-state index contributed by atoms with van der Waals surface area (Å²) in [5, 5.41) is 9.09. The Bertz CT molecular complexity index is 800. The fourth-order valence-corrected chi connectivity index (χ4v) is 4.30. The number of benzene rings is 2. The zero-order valence-electron chi connectivity index (χ0n) is 16.2. The van der Waals surface area contributed by atoms with Gasteiger partial charge in [0.2, 0.25) is 0 Å². The largest absolute Gasteiger partial charge is 0.478 e. The SMILES string of the molecule is O=C(O)c1ccc(C2CCCN(Cc3cccc(N4CCOCC4)c3)C2)cc1. The molecule has 0 spiro atoms. The molecule has 28 heavy (non-hydrogen) atoms. The van der Waals surface area contributed by atoms with Gasteiger partial charge in [-0.1, -0.05) is 24.3 Å². The third kappa shape index (κ3) is 4.54. The maximum absolute atomic E-state index is 11.1. The summed E-state index contributed by atoms with van der Waals surface area (Å²) in [7, 11) is 0. The van der Waals surface area contributed by atoms with Crippen LogP contribution in [0, 0.1) is 0 Å². The maximum Gasteiger partial charge on any atom is 0.335 e. The molecule has 2 saturated heterocycles. The number of carboxylic acid groups (broad SMARTS) is 1. The van der Waals surface area contributed by atoms with E-state index < -0.39 is 5.97 Å². The Hall–Kier alpha value is -2.37. The number of piperidine rings is 1. The van der Waals surface area contributed by atoms with E-state index in [-0.39, 0.29) is 0 Å². The average molecular weight is 380 g/mol. The molecule has 1 atom stereocenters. The van der Waals surface area contributed by atoms with Crippen molar-refractivity contribution in [3.8, 4) is 0 Å². The van der Waals surface area contributed by atoms with Crippen LogP contribution in [0.15, 0.2) is 48.5 Å². The number of hydrogen-bond donors (Lipinski definition) is 1. The van der Waals surface area contributed by atoms with Crippen LogP contribution >= 0.6 is 0 Å². The standard InChI is InChI=1S/C23H28N2O3/c26-23(27)20-8-6-19(7-9-20)21-4-2-10-24(17-21)16-18-3-1-5-22(15-18)25-11-13-28-14-12-25/h1,3,5-9,15,21H,2,4,10-14,16-17H2,(H,26,27). The van der Waals surface area contributed by atoms with Crippen LogP contribution in [0.2, 0.25) is 0 Å². The molecule has 2 heterocycles. The first-order valence-electron chi connectivity index (χ1n) is 10.2. The monoisotopic (exact) mass is 380 g/mol. The van der Waals surface area contributed by atoms with Crippen LogP contribution in [-0.4, -0.2) is 55.4 Å². The van der Waals surface area contributed by atoms with Gasteiger partial charge >= 0.3 is 5.97 Å². The number of carboxylic acids is 1. The van der Waals surface area contributed by atoms with E-state index in [0.29, 0.717) is 11.5 Å². The molecule has 148 valence electrons. The molecular formula is C23H28N2O3. The van der Waals surface area contributed by atoms with Gasteiger partial charge < -0.3 is 14.7 Å². The predicted octanol–water partition coefficient (Wildman–Crippen LogP) is 3.60. The Morgan fingerprint density at radius 2 is 1.86 bits per heavy atom. The Balaban J connectivity index is 1.40. The lowest BCUT2D eigenvalue weighted by atomic mass is 9.90. The number of likely N-dealkylation sites (tertiary alicyclic amines) is 1. The molecule has 1 N–H and O–H groups in total. The van der Waals surface area contributed by atoms with E-state index in [1.165, 1.54) is 23.2 Å². The Morgan fingerprint density at radius 1 is 1.07 bits per heavy atom. The summed E-state index contributed by atoms with van der Waals surface area (Å²) in [6.07, 6.45) is 2.34. The van der Waals surface area contributed by atoms with Crippen LogP contribution in [0.25, 0.3) is 0 Å². The van der Waals surface area contributed by atoms with Crippen LogP contribution in [0.5, 0.6) is 0 Å². The first kappa shape index (κ1) is 19.0. The van der Waals surface area contributed by atoms with Crippen LogP contribution < -0.4 is 4.90 Å². The molecule has 2 aliphatic rings. The van der Waals surface area contributed by atoms with Gasteiger partial charge in [0, 0.05) is 31.9 Å². The minimum Gasteiger partial charge on any atom is -0.478 e.